The molecule has 2 N–H and O–H groups in total. The Labute approximate surface area is 108 Å². The van der Waals surface area contributed by atoms with Crippen molar-refractivity contribution < 1.29 is 14.6 Å². The van der Waals surface area contributed by atoms with Crippen molar-refractivity contribution in [3.8, 4) is 0 Å². The van der Waals surface area contributed by atoms with Crippen LogP contribution in [0.25, 0.3) is 0 Å². The maximum atomic E-state index is 11.8. The largest absolute Gasteiger partial charge is 0.389 e. The van der Waals surface area contributed by atoms with Crippen molar-refractivity contribution in [1.82, 2.24) is 5.32 Å². The van der Waals surface area contributed by atoms with Gasteiger partial charge in [-0.25, -0.2) is 0 Å². The molecule has 0 aromatic rings. The van der Waals surface area contributed by atoms with Gasteiger partial charge in [0.05, 0.1) is 12.7 Å². The Morgan fingerprint density at radius 3 is 2.89 bits per heavy atom. The maximum Gasteiger partial charge on any atom is 0.223 e. The number of rotatable bonds is 7. The summed E-state index contributed by atoms with van der Waals surface area (Å²) in [7, 11) is 0. The van der Waals surface area contributed by atoms with Gasteiger partial charge in [0.25, 0.3) is 0 Å². The Bertz CT molecular complexity index is 299. The Morgan fingerprint density at radius 1 is 1.39 bits per heavy atom. The van der Waals surface area contributed by atoms with Crippen molar-refractivity contribution in [3.63, 3.8) is 0 Å². The molecule has 0 aliphatic heterocycles. The van der Waals surface area contributed by atoms with Crippen molar-refractivity contribution in [2.75, 3.05) is 19.8 Å². The number of amides is 1. The normalized spacial score (nSPS) is 24.8. The Balaban J connectivity index is 1.54. The predicted molar refractivity (Wildman–Crippen MR) is 69.0 cm³/mol. The highest BCUT2D eigenvalue weighted by atomic mass is 16.5. The molecule has 0 saturated heterocycles. The van der Waals surface area contributed by atoms with Gasteiger partial charge in [0.2, 0.25) is 5.91 Å². The van der Waals surface area contributed by atoms with E-state index in [9.17, 15) is 9.90 Å². The number of hydrogen-bond acceptors (Lipinski definition) is 3. The fourth-order valence-corrected chi connectivity index (χ4v) is 2.11. The van der Waals surface area contributed by atoms with Crippen molar-refractivity contribution in [2.45, 2.75) is 38.2 Å². The second kappa shape index (κ2) is 6.90. The van der Waals surface area contributed by atoms with Crippen LogP contribution in [0.5, 0.6) is 0 Å². The number of hydrogen-bond donors (Lipinski definition) is 2. The number of allylic oxidation sites excluding steroid dienone is 2. The van der Waals surface area contributed by atoms with Crippen LogP contribution in [0.4, 0.5) is 0 Å². The molecule has 1 amide bonds. The van der Waals surface area contributed by atoms with Crippen LogP contribution >= 0.6 is 0 Å². The zero-order valence-corrected chi connectivity index (χ0v) is 10.8. The van der Waals surface area contributed by atoms with Crippen molar-refractivity contribution in [3.05, 3.63) is 12.2 Å². The molecule has 1 fully saturated rings. The van der Waals surface area contributed by atoms with E-state index >= 15 is 0 Å². The summed E-state index contributed by atoms with van der Waals surface area (Å²) in [4.78, 5) is 11.8. The summed E-state index contributed by atoms with van der Waals surface area (Å²) < 4.78 is 5.38. The van der Waals surface area contributed by atoms with E-state index in [1.165, 1.54) is 12.8 Å². The van der Waals surface area contributed by atoms with Crippen molar-refractivity contribution in [1.29, 1.82) is 0 Å². The van der Waals surface area contributed by atoms with Gasteiger partial charge in [-0.05, 0) is 38.0 Å². The quantitative estimate of drug-likeness (QED) is 0.671. The number of aliphatic hydroxyl groups excluding tert-OH is 1. The molecule has 4 heteroatoms. The lowest BCUT2D eigenvalue weighted by atomic mass is 9.94. The zero-order valence-electron chi connectivity index (χ0n) is 10.8. The van der Waals surface area contributed by atoms with Gasteiger partial charge in [0.1, 0.15) is 0 Å². The summed E-state index contributed by atoms with van der Waals surface area (Å²) in [5.41, 5.74) is 0. The molecule has 0 aromatic carbocycles. The first-order valence-corrected chi connectivity index (χ1v) is 6.94. The van der Waals surface area contributed by atoms with Crippen LogP contribution in [0.2, 0.25) is 0 Å². The van der Waals surface area contributed by atoms with Crippen LogP contribution in [0.15, 0.2) is 12.2 Å². The topological polar surface area (TPSA) is 58.6 Å². The van der Waals surface area contributed by atoms with E-state index < -0.39 is 6.10 Å². The maximum absolute atomic E-state index is 11.8. The van der Waals surface area contributed by atoms with E-state index in [0.29, 0.717) is 19.1 Å². The summed E-state index contributed by atoms with van der Waals surface area (Å²) >= 11 is 0. The average Bonchev–Trinajstić information content (AvgIpc) is 3.21. The summed E-state index contributed by atoms with van der Waals surface area (Å²) in [5.74, 6) is 0.844. The molecule has 0 aromatic heterocycles. The molecule has 0 spiro atoms. The number of carbonyl (C=O) groups is 1. The molecule has 1 saturated carbocycles. The third kappa shape index (κ3) is 4.78. The van der Waals surface area contributed by atoms with Gasteiger partial charge in [-0.1, -0.05) is 12.2 Å². The molecule has 0 radical (unpaired) electrons. The number of nitrogens with one attached hydrogen (secondary N) is 1. The Morgan fingerprint density at radius 2 is 2.22 bits per heavy atom. The first-order valence-electron chi connectivity index (χ1n) is 6.94. The SMILES string of the molecule is O=C(NCC(O)COCC1CC1)C1CC=CCC1. The summed E-state index contributed by atoms with van der Waals surface area (Å²) in [6, 6.07) is 0. The molecule has 2 unspecified atom stereocenters. The van der Waals surface area contributed by atoms with E-state index in [4.69, 9.17) is 4.74 Å². The summed E-state index contributed by atoms with van der Waals surface area (Å²) in [5, 5.41) is 12.5. The van der Waals surface area contributed by atoms with Crippen LogP contribution in [-0.2, 0) is 9.53 Å². The van der Waals surface area contributed by atoms with Crippen molar-refractivity contribution in [2.24, 2.45) is 11.8 Å². The van der Waals surface area contributed by atoms with Crippen LogP contribution in [-0.4, -0.2) is 36.9 Å². The van der Waals surface area contributed by atoms with Crippen LogP contribution < -0.4 is 5.32 Å². The van der Waals surface area contributed by atoms with Crippen LogP contribution in [0, 0.1) is 11.8 Å². The molecular formula is C14H23NO3. The fraction of sp³-hybridized carbons (Fsp3) is 0.786. The minimum atomic E-state index is -0.591. The highest BCUT2D eigenvalue weighted by Crippen LogP contribution is 2.28. The molecule has 2 aliphatic carbocycles. The second-order valence-corrected chi connectivity index (χ2v) is 5.36. The summed E-state index contributed by atoms with van der Waals surface area (Å²) in [6.45, 7) is 1.36. The lowest BCUT2D eigenvalue weighted by Crippen LogP contribution is -2.38. The lowest BCUT2D eigenvalue weighted by Gasteiger charge is -2.18. The van der Waals surface area contributed by atoms with Crippen molar-refractivity contribution >= 4 is 5.91 Å². The highest BCUT2D eigenvalue weighted by Gasteiger charge is 2.22. The van der Waals surface area contributed by atoms with Gasteiger partial charge in [-0.2, -0.15) is 0 Å². The number of aliphatic hydroxyl groups is 1. The van der Waals surface area contributed by atoms with E-state index in [-0.39, 0.29) is 11.8 Å². The van der Waals surface area contributed by atoms with Gasteiger partial charge in [-0.15, -0.1) is 0 Å². The minimum Gasteiger partial charge on any atom is -0.389 e. The fourth-order valence-electron chi connectivity index (χ4n) is 2.11. The van der Waals surface area contributed by atoms with Gasteiger partial charge in [0, 0.05) is 19.1 Å². The van der Waals surface area contributed by atoms with Gasteiger partial charge < -0.3 is 15.2 Å². The molecule has 18 heavy (non-hydrogen) atoms. The smallest absolute Gasteiger partial charge is 0.223 e. The lowest BCUT2D eigenvalue weighted by molar-refractivity contribution is -0.125. The zero-order chi connectivity index (χ0) is 12.8. The van der Waals surface area contributed by atoms with E-state index in [1.807, 2.05) is 0 Å². The third-order valence-electron chi connectivity index (χ3n) is 3.51. The van der Waals surface area contributed by atoms with E-state index in [1.54, 1.807) is 0 Å². The molecule has 0 bridgehead atoms. The van der Waals surface area contributed by atoms with E-state index in [0.717, 1.165) is 25.9 Å². The number of carbonyl (C=O) groups excluding carboxylic acids is 1. The Kier molecular flexibility index (Phi) is 5.20. The molecule has 2 aliphatic rings. The Hall–Kier alpha value is -0.870. The molecular weight excluding hydrogens is 230 g/mol. The second-order valence-electron chi connectivity index (χ2n) is 5.36. The average molecular weight is 253 g/mol. The van der Waals surface area contributed by atoms with Gasteiger partial charge >= 0.3 is 0 Å². The summed E-state index contributed by atoms with van der Waals surface area (Å²) in [6.07, 6.45) is 8.80. The molecule has 2 atom stereocenters. The molecule has 102 valence electrons. The van der Waals surface area contributed by atoms with Gasteiger partial charge in [0.15, 0.2) is 0 Å². The van der Waals surface area contributed by atoms with Crippen LogP contribution in [0.3, 0.4) is 0 Å². The highest BCUT2D eigenvalue weighted by molar-refractivity contribution is 5.78. The first-order chi connectivity index (χ1) is 8.75. The standard InChI is InChI=1S/C14H23NO3/c16-13(10-18-9-11-6-7-11)8-15-14(17)12-4-2-1-3-5-12/h1-2,11-13,16H,3-10H2,(H,15,17). The molecule has 0 heterocycles. The number of ether oxygens (including phenoxy) is 1. The van der Waals surface area contributed by atoms with Gasteiger partial charge in [-0.3, -0.25) is 4.79 Å². The predicted octanol–water partition coefficient (Wildman–Crippen LogP) is 1.25. The molecule has 2 rings (SSSR count). The van der Waals surface area contributed by atoms with Crippen LogP contribution in [0.1, 0.15) is 32.1 Å². The first kappa shape index (κ1) is 13.6. The monoisotopic (exact) mass is 253 g/mol. The van der Waals surface area contributed by atoms with E-state index in [2.05, 4.69) is 17.5 Å². The minimum absolute atomic E-state index is 0.0561. The third-order valence-corrected chi connectivity index (χ3v) is 3.51. The molecule has 4 nitrogen and oxygen atoms in total.